The van der Waals surface area contributed by atoms with Gasteiger partial charge in [0.05, 0.1) is 37.2 Å². The van der Waals surface area contributed by atoms with Gasteiger partial charge in [-0.15, -0.1) is 0 Å². The third-order valence-electron chi connectivity index (χ3n) is 4.20. The number of nitrogens with zero attached hydrogens (tertiary/aromatic N) is 2. The van der Waals surface area contributed by atoms with Crippen LogP contribution in [0.3, 0.4) is 0 Å². The molecule has 0 spiro atoms. The Balaban J connectivity index is 1.80. The number of rotatable bonds is 8. The highest BCUT2D eigenvalue weighted by Crippen LogP contribution is 2.23. The average Bonchev–Trinajstić information content (AvgIpc) is 3.11. The number of methoxy groups -OCH3 is 1. The van der Waals surface area contributed by atoms with Crippen LogP contribution in [0.4, 0.5) is 0 Å². The number of carbonyl (C=O) groups is 1. The Labute approximate surface area is 158 Å². The lowest BCUT2D eigenvalue weighted by molar-refractivity contribution is 0.0951. The maximum absolute atomic E-state index is 12.8. The fourth-order valence-electron chi connectivity index (χ4n) is 2.99. The number of nitrogens with one attached hydrogen (secondary N) is 1. The maximum Gasteiger partial charge on any atom is 0.255 e. The van der Waals surface area contributed by atoms with Crippen molar-refractivity contribution in [3.8, 4) is 11.3 Å². The van der Waals surface area contributed by atoms with Crippen LogP contribution in [0.15, 0.2) is 60.8 Å². The summed E-state index contributed by atoms with van der Waals surface area (Å²) in [6, 6.07) is 17.5. The quantitative estimate of drug-likeness (QED) is 0.643. The van der Waals surface area contributed by atoms with Crippen LogP contribution in [0.5, 0.6) is 0 Å². The molecule has 2 N–H and O–H groups in total. The van der Waals surface area contributed by atoms with Gasteiger partial charge in [-0.1, -0.05) is 54.6 Å². The molecule has 0 bridgehead atoms. The SMILES string of the molecule is COCc1cccc(CNC(=O)c2cnn(CCO)c2-c2ccccc2)c1. The Morgan fingerprint density at radius 2 is 1.93 bits per heavy atom. The van der Waals surface area contributed by atoms with E-state index in [1.165, 1.54) is 0 Å². The standard InChI is InChI=1S/C21H23N3O3/c1-27-15-17-7-5-6-16(12-17)13-22-21(26)19-14-23-24(10-11-25)20(19)18-8-3-2-4-9-18/h2-9,12,14,25H,10-11,13,15H2,1H3,(H,22,26). The van der Waals surface area contributed by atoms with Gasteiger partial charge in [0, 0.05) is 19.2 Å². The molecular formula is C21H23N3O3. The number of hydrogen-bond donors (Lipinski definition) is 2. The molecule has 0 aliphatic carbocycles. The molecule has 0 radical (unpaired) electrons. The molecule has 0 atom stereocenters. The number of hydrogen-bond acceptors (Lipinski definition) is 4. The molecule has 2 aromatic carbocycles. The van der Waals surface area contributed by atoms with Crippen molar-refractivity contribution in [3.63, 3.8) is 0 Å². The van der Waals surface area contributed by atoms with E-state index in [1.54, 1.807) is 18.0 Å². The van der Waals surface area contributed by atoms with Crippen molar-refractivity contribution >= 4 is 5.91 Å². The van der Waals surface area contributed by atoms with E-state index in [4.69, 9.17) is 4.74 Å². The first kappa shape index (κ1) is 18.8. The molecule has 140 valence electrons. The molecule has 1 aromatic heterocycles. The van der Waals surface area contributed by atoms with E-state index in [0.717, 1.165) is 16.7 Å². The van der Waals surface area contributed by atoms with Gasteiger partial charge in [0.2, 0.25) is 0 Å². The highest BCUT2D eigenvalue weighted by Gasteiger charge is 2.18. The monoisotopic (exact) mass is 365 g/mol. The lowest BCUT2D eigenvalue weighted by Crippen LogP contribution is -2.23. The Morgan fingerprint density at radius 3 is 2.67 bits per heavy atom. The molecule has 0 saturated carbocycles. The van der Waals surface area contributed by atoms with Crippen LogP contribution in [0, 0.1) is 0 Å². The van der Waals surface area contributed by atoms with Gasteiger partial charge >= 0.3 is 0 Å². The van der Waals surface area contributed by atoms with E-state index >= 15 is 0 Å². The third kappa shape index (κ3) is 4.61. The summed E-state index contributed by atoms with van der Waals surface area (Å²) < 4.78 is 6.81. The number of amides is 1. The van der Waals surface area contributed by atoms with E-state index in [2.05, 4.69) is 10.4 Å². The molecule has 27 heavy (non-hydrogen) atoms. The topological polar surface area (TPSA) is 76.4 Å². The molecule has 6 nitrogen and oxygen atoms in total. The van der Waals surface area contributed by atoms with Crippen LogP contribution < -0.4 is 5.32 Å². The summed E-state index contributed by atoms with van der Waals surface area (Å²) in [5, 5.41) is 16.5. The zero-order valence-electron chi connectivity index (χ0n) is 15.3. The average molecular weight is 365 g/mol. The van der Waals surface area contributed by atoms with Crippen LogP contribution in [-0.2, 0) is 24.4 Å². The Hall–Kier alpha value is -2.96. The van der Waals surface area contributed by atoms with Gasteiger partial charge < -0.3 is 15.2 Å². The highest BCUT2D eigenvalue weighted by atomic mass is 16.5. The van der Waals surface area contributed by atoms with Gasteiger partial charge in [-0.05, 0) is 11.1 Å². The first-order valence-corrected chi connectivity index (χ1v) is 8.80. The largest absolute Gasteiger partial charge is 0.394 e. The van der Waals surface area contributed by atoms with Crippen molar-refractivity contribution in [2.24, 2.45) is 0 Å². The van der Waals surface area contributed by atoms with E-state index in [-0.39, 0.29) is 12.5 Å². The second-order valence-electron chi connectivity index (χ2n) is 6.16. The molecule has 3 aromatic rings. The van der Waals surface area contributed by atoms with E-state index in [9.17, 15) is 9.90 Å². The fourth-order valence-corrected chi connectivity index (χ4v) is 2.99. The molecule has 6 heteroatoms. The lowest BCUT2D eigenvalue weighted by Gasteiger charge is -2.10. The number of aromatic nitrogens is 2. The second-order valence-corrected chi connectivity index (χ2v) is 6.16. The van der Waals surface area contributed by atoms with Gasteiger partial charge in [-0.25, -0.2) is 0 Å². The van der Waals surface area contributed by atoms with Gasteiger partial charge in [0.15, 0.2) is 0 Å². The number of benzene rings is 2. The predicted molar refractivity (Wildman–Crippen MR) is 103 cm³/mol. The first-order chi connectivity index (χ1) is 13.2. The second kappa shape index (κ2) is 9.12. The van der Waals surface area contributed by atoms with E-state index < -0.39 is 0 Å². The van der Waals surface area contributed by atoms with Gasteiger partial charge in [-0.2, -0.15) is 5.10 Å². The van der Waals surface area contributed by atoms with Crippen molar-refractivity contribution in [3.05, 3.63) is 77.5 Å². The van der Waals surface area contributed by atoms with Crippen molar-refractivity contribution in [2.75, 3.05) is 13.7 Å². The summed E-state index contributed by atoms with van der Waals surface area (Å²) >= 11 is 0. The van der Waals surface area contributed by atoms with Crippen molar-refractivity contribution in [1.82, 2.24) is 15.1 Å². The summed E-state index contributed by atoms with van der Waals surface area (Å²) in [4.78, 5) is 12.8. The summed E-state index contributed by atoms with van der Waals surface area (Å²) in [6.45, 7) is 1.23. The Morgan fingerprint density at radius 1 is 1.15 bits per heavy atom. The fraction of sp³-hybridized carbons (Fsp3) is 0.238. The minimum atomic E-state index is -0.199. The molecule has 0 aliphatic heterocycles. The predicted octanol–water partition coefficient (Wildman–Crippen LogP) is 2.62. The van der Waals surface area contributed by atoms with Crippen molar-refractivity contribution in [2.45, 2.75) is 19.7 Å². The third-order valence-corrected chi connectivity index (χ3v) is 4.20. The van der Waals surface area contributed by atoms with Crippen LogP contribution >= 0.6 is 0 Å². The molecule has 0 saturated heterocycles. The van der Waals surface area contributed by atoms with Crippen molar-refractivity contribution in [1.29, 1.82) is 0 Å². The molecule has 0 fully saturated rings. The Kier molecular flexibility index (Phi) is 6.35. The molecular weight excluding hydrogens is 342 g/mol. The summed E-state index contributed by atoms with van der Waals surface area (Å²) in [5.41, 5.74) is 4.14. The van der Waals surface area contributed by atoms with Crippen LogP contribution in [0.2, 0.25) is 0 Å². The number of ether oxygens (including phenoxy) is 1. The van der Waals surface area contributed by atoms with Crippen LogP contribution in [0.25, 0.3) is 11.3 Å². The smallest absolute Gasteiger partial charge is 0.255 e. The van der Waals surface area contributed by atoms with E-state index in [1.807, 2.05) is 54.6 Å². The Bertz CT molecular complexity index is 891. The maximum atomic E-state index is 12.8. The first-order valence-electron chi connectivity index (χ1n) is 8.80. The molecule has 1 heterocycles. The lowest BCUT2D eigenvalue weighted by atomic mass is 10.1. The van der Waals surface area contributed by atoms with Crippen molar-refractivity contribution < 1.29 is 14.6 Å². The van der Waals surface area contributed by atoms with Crippen LogP contribution in [-0.4, -0.2) is 34.5 Å². The number of aliphatic hydroxyl groups is 1. The summed E-state index contributed by atoms with van der Waals surface area (Å²) in [7, 11) is 1.66. The number of aliphatic hydroxyl groups excluding tert-OH is 1. The van der Waals surface area contributed by atoms with Gasteiger partial charge in [-0.3, -0.25) is 9.48 Å². The van der Waals surface area contributed by atoms with E-state index in [0.29, 0.717) is 31.0 Å². The molecule has 0 aliphatic rings. The summed E-state index contributed by atoms with van der Waals surface area (Å²) in [6.07, 6.45) is 1.55. The molecule has 0 unspecified atom stereocenters. The van der Waals surface area contributed by atoms with Gasteiger partial charge in [0.1, 0.15) is 0 Å². The number of carbonyl (C=O) groups excluding carboxylic acids is 1. The highest BCUT2D eigenvalue weighted by molar-refractivity contribution is 5.99. The van der Waals surface area contributed by atoms with Crippen LogP contribution in [0.1, 0.15) is 21.5 Å². The zero-order valence-corrected chi connectivity index (χ0v) is 15.3. The molecule has 1 amide bonds. The minimum Gasteiger partial charge on any atom is -0.394 e. The summed E-state index contributed by atoms with van der Waals surface area (Å²) in [5.74, 6) is -0.199. The minimum absolute atomic E-state index is 0.0468. The van der Waals surface area contributed by atoms with Gasteiger partial charge in [0.25, 0.3) is 5.91 Å². The zero-order chi connectivity index (χ0) is 19.1. The molecule has 3 rings (SSSR count). The normalized spacial score (nSPS) is 10.7.